The second-order valence-corrected chi connectivity index (χ2v) is 7.33. The lowest BCUT2D eigenvalue weighted by molar-refractivity contribution is 0.0942. The number of nitrogens with two attached hydrogens (primary N) is 1. The Kier molecular flexibility index (Phi) is 5.04. The van der Waals surface area contributed by atoms with E-state index in [9.17, 15) is 4.79 Å². The van der Waals surface area contributed by atoms with Crippen molar-refractivity contribution >= 4 is 5.91 Å². The van der Waals surface area contributed by atoms with Crippen LogP contribution in [0.5, 0.6) is 0 Å². The van der Waals surface area contributed by atoms with Crippen molar-refractivity contribution in [1.82, 2.24) is 5.32 Å². The highest BCUT2D eigenvalue weighted by Crippen LogP contribution is 2.23. The van der Waals surface area contributed by atoms with Crippen LogP contribution in [0.2, 0.25) is 0 Å². The van der Waals surface area contributed by atoms with E-state index in [1.165, 1.54) is 18.4 Å². The van der Waals surface area contributed by atoms with Crippen molar-refractivity contribution < 1.29 is 4.79 Å². The van der Waals surface area contributed by atoms with Crippen molar-refractivity contribution in [3.8, 4) is 0 Å². The van der Waals surface area contributed by atoms with Crippen molar-refractivity contribution in [3.05, 3.63) is 35.4 Å². The standard InChI is InChI=1S/C18H28N2O/c1-18(2,3)15-9-7-14(8-10-15)17(21)20-12-13-5-4-6-16(19)11-13/h7-10,13,16H,4-6,11-12,19H2,1-3H3,(H,20,21). The summed E-state index contributed by atoms with van der Waals surface area (Å²) in [4.78, 5) is 12.2. The minimum atomic E-state index is 0.0228. The fourth-order valence-corrected chi connectivity index (χ4v) is 2.98. The summed E-state index contributed by atoms with van der Waals surface area (Å²) in [7, 11) is 0. The third kappa shape index (κ3) is 4.57. The molecular weight excluding hydrogens is 260 g/mol. The number of amides is 1. The van der Waals surface area contributed by atoms with Crippen molar-refractivity contribution in [1.29, 1.82) is 0 Å². The molecule has 0 aromatic heterocycles. The molecule has 0 aliphatic heterocycles. The molecule has 0 saturated heterocycles. The molecular formula is C18H28N2O. The molecule has 3 heteroatoms. The van der Waals surface area contributed by atoms with Crippen molar-refractivity contribution in [2.24, 2.45) is 11.7 Å². The van der Waals surface area contributed by atoms with Gasteiger partial charge < -0.3 is 11.1 Å². The molecule has 0 bridgehead atoms. The van der Waals surface area contributed by atoms with E-state index in [0.29, 0.717) is 12.0 Å². The molecule has 1 aliphatic carbocycles. The van der Waals surface area contributed by atoms with E-state index in [2.05, 4.69) is 26.1 Å². The molecule has 3 N–H and O–H groups in total. The van der Waals surface area contributed by atoms with Crippen LogP contribution in [0.1, 0.15) is 62.4 Å². The highest BCUT2D eigenvalue weighted by Gasteiger charge is 2.20. The highest BCUT2D eigenvalue weighted by atomic mass is 16.1. The van der Waals surface area contributed by atoms with Gasteiger partial charge in [0.1, 0.15) is 0 Å². The summed E-state index contributed by atoms with van der Waals surface area (Å²) in [6.45, 7) is 7.27. The molecule has 0 radical (unpaired) electrons. The van der Waals surface area contributed by atoms with Crippen LogP contribution < -0.4 is 11.1 Å². The molecule has 116 valence electrons. The van der Waals surface area contributed by atoms with E-state index in [-0.39, 0.29) is 11.3 Å². The smallest absolute Gasteiger partial charge is 0.251 e. The predicted octanol–water partition coefficient (Wildman–Crippen LogP) is 3.23. The van der Waals surface area contributed by atoms with Gasteiger partial charge in [0.05, 0.1) is 0 Å². The van der Waals surface area contributed by atoms with Crippen LogP contribution in [0, 0.1) is 5.92 Å². The molecule has 2 unspecified atom stereocenters. The Hall–Kier alpha value is -1.35. The first-order chi connectivity index (χ1) is 9.86. The summed E-state index contributed by atoms with van der Waals surface area (Å²) in [6, 6.07) is 8.24. The van der Waals surface area contributed by atoms with E-state index in [1.807, 2.05) is 24.3 Å². The van der Waals surface area contributed by atoms with Gasteiger partial charge in [-0.05, 0) is 48.3 Å². The first-order valence-corrected chi connectivity index (χ1v) is 8.00. The van der Waals surface area contributed by atoms with Crippen LogP contribution >= 0.6 is 0 Å². The lowest BCUT2D eigenvalue weighted by Gasteiger charge is -2.26. The lowest BCUT2D eigenvalue weighted by atomic mass is 9.86. The van der Waals surface area contributed by atoms with Gasteiger partial charge in [-0.15, -0.1) is 0 Å². The minimum absolute atomic E-state index is 0.0228. The van der Waals surface area contributed by atoms with Crippen molar-refractivity contribution in [3.63, 3.8) is 0 Å². The minimum Gasteiger partial charge on any atom is -0.352 e. The van der Waals surface area contributed by atoms with E-state index >= 15 is 0 Å². The summed E-state index contributed by atoms with van der Waals surface area (Å²) in [5, 5.41) is 3.05. The number of carbonyl (C=O) groups excluding carboxylic acids is 1. The Balaban J connectivity index is 1.88. The maximum atomic E-state index is 12.2. The Morgan fingerprint density at radius 1 is 1.24 bits per heavy atom. The van der Waals surface area contributed by atoms with Gasteiger partial charge in [0.15, 0.2) is 0 Å². The zero-order valence-corrected chi connectivity index (χ0v) is 13.5. The van der Waals surface area contributed by atoms with Crippen molar-refractivity contribution in [2.45, 2.75) is 57.9 Å². The predicted molar refractivity (Wildman–Crippen MR) is 87.4 cm³/mol. The average molecular weight is 288 g/mol. The first-order valence-electron chi connectivity index (χ1n) is 8.00. The zero-order valence-electron chi connectivity index (χ0n) is 13.5. The molecule has 1 saturated carbocycles. The summed E-state index contributed by atoms with van der Waals surface area (Å²) in [5.74, 6) is 0.557. The van der Waals surface area contributed by atoms with E-state index in [4.69, 9.17) is 5.73 Å². The van der Waals surface area contributed by atoms with Gasteiger partial charge in [-0.1, -0.05) is 39.3 Å². The Labute approximate surface area is 128 Å². The number of benzene rings is 1. The van der Waals surface area contributed by atoms with Gasteiger partial charge in [-0.25, -0.2) is 0 Å². The van der Waals surface area contributed by atoms with Gasteiger partial charge in [0, 0.05) is 18.2 Å². The number of carbonyl (C=O) groups is 1. The molecule has 2 rings (SSSR count). The molecule has 21 heavy (non-hydrogen) atoms. The largest absolute Gasteiger partial charge is 0.352 e. The normalized spacial score (nSPS) is 22.9. The molecule has 3 nitrogen and oxygen atoms in total. The zero-order chi connectivity index (χ0) is 15.5. The van der Waals surface area contributed by atoms with Gasteiger partial charge >= 0.3 is 0 Å². The van der Waals surface area contributed by atoms with Crippen LogP contribution in [0.25, 0.3) is 0 Å². The summed E-state index contributed by atoms with van der Waals surface area (Å²) in [6.07, 6.45) is 4.51. The third-order valence-corrected chi connectivity index (χ3v) is 4.39. The third-order valence-electron chi connectivity index (χ3n) is 4.39. The van der Waals surface area contributed by atoms with E-state index in [0.717, 1.165) is 24.9 Å². The fourth-order valence-electron chi connectivity index (χ4n) is 2.98. The molecule has 1 amide bonds. The highest BCUT2D eigenvalue weighted by molar-refractivity contribution is 5.94. The Morgan fingerprint density at radius 2 is 1.90 bits per heavy atom. The average Bonchev–Trinajstić information content (AvgIpc) is 2.44. The summed E-state index contributed by atoms with van der Waals surface area (Å²) < 4.78 is 0. The molecule has 1 aromatic carbocycles. The quantitative estimate of drug-likeness (QED) is 0.897. The Morgan fingerprint density at radius 3 is 2.48 bits per heavy atom. The maximum absolute atomic E-state index is 12.2. The van der Waals surface area contributed by atoms with E-state index in [1.54, 1.807) is 0 Å². The van der Waals surface area contributed by atoms with E-state index < -0.39 is 0 Å². The summed E-state index contributed by atoms with van der Waals surface area (Å²) in [5.41, 5.74) is 8.09. The first kappa shape index (κ1) is 16.0. The van der Waals surface area contributed by atoms with Crippen LogP contribution in [-0.4, -0.2) is 18.5 Å². The van der Waals surface area contributed by atoms with Crippen LogP contribution in [-0.2, 0) is 5.41 Å². The molecule has 1 aromatic rings. The lowest BCUT2D eigenvalue weighted by Crippen LogP contribution is -2.35. The Bertz CT molecular complexity index is 473. The van der Waals surface area contributed by atoms with Crippen LogP contribution in [0.15, 0.2) is 24.3 Å². The number of hydrogen-bond acceptors (Lipinski definition) is 2. The van der Waals surface area contributed by atoms with Gasteiger partial charge in [0.25, 0.3) is 5.91 Å². The molecule has 0 heterocycles. The number of hydrogen-bond donors (Lipinski definition) is 2. The maximum Gasteiger partial charge on any atom is 0.251 e. The van der Waals surface area contributed by atoms with Crippen LogP contribution in [0.3, 0.4) is 0 Å². The van der Waals surface area contributed by atoms with Crippen molar-refractivity contribution in [2.75, 3.05) is 6.54 Å². The second kappa shape index (κ2) is 6.61. The molecule has 0 spiro atoms. The number of rotatable bonds is 3. The molecule has 1 aliphatic rings. The SMILES string of the molecule is CC(C)(C)c1ccc(C(=O)NCC2CCCC(N)C2)cc1. The monoisotopic (exact) mass is 288 g/mol. The second-order valence-electron chi connectivity index (χ2n) is 7.33. The number of nitrogens with one attached hydrogen (secondary N) is 1. The van der Waals surface area contributed by atoms with Gasteiger partial charge in [0.2, 0.25) is 0 Å². The fraction of sp³-hybridized carbons (Fsp3) is 0.611. The topological polar surface area (TPSA) is 55.1 Å². The van der Waals surface area contributed by atoms with Gasteiger partial charge in [-0.2, -0.15) is 0 Å². The molecule has 1 fully saturated rings. The summed E-state index contributed by atoms with van der Waals surface area (Å²) >= 11 is 0. The van der Waals surface area contributed by atoms with Crippen LogP contribution in [0.4, 0.5) is 0 Å². The molecule has 2 atom stereocenters. The van der Waals surface area contributed by atoms with Gasteiger partial charge in [-0.3, -0.25) is 4.79 Å².